The summed E-state index contributed by atoms with van der Waals surface area (Å²) in [4.78, 5) is 7.14. The Labute approximate surface area is 156 Å². The fraction of sp³-hybridized carbons (Fsp3) is 0.938. The van der Waals surface area contributed by atoms with Crippen LogP contribution < -0.4 is 5.32 Å². The standard InChI is InChI=1S/C16H31N3OS.HI/c1-4-15(5-2)7-9-19(12-15)14(17-6-3)18-11-16(20)8-10-21-13-16;/h20H,4-13H2,1-3H3,(H,17,18);1H. The van der Waals surface area contributed by atoms with E-state index in [4.69, 9.17) is 4.99 Å². The van der Waals surface area contributed by atoms with E-state index in [0.29, 0.717) is 12.0 Å². The molecule has 2 rings (SSSR count). The third-order valence-electron chi connectivity index (χ3n) is 5.18. The number of guanidine groups is 1. The van der Waals surface area contributed by atoms with Gasteiger partial charge in [0.15, 0.2) is 5.96 Å². The van der Waals surface area contributed by atoms with Gasteiger partial charge in [0.05, 0.1) is 12.1 Å². The maximum atomic E-state index is 10.5. The average Bonchev–Trinajstić information content (AvgIpc) is 3.11. The monoisotopic (exact) mass is 441 g/mol. The van der Waals surface area contributed by atoms with E-state index in [1.165, 1.54) is 19.3 Å². The zero-order chi connectivity index (χ0) is 15.3. The SMILES string of the molecule is CCNC(=NCC1(O)CCSC1)N1CCC(CC)(CC)C1.I. The molecule has 1 unspecified atom stereocenters. The summed E-state index contributed by atoms with van der Waals surface area (Å²) >= 11 is 1.83. The molecule has 2 aliphatic rings. The van der Waals surface area contributed by atoms with Crippen LogP contribution in [-0.4, -0.2) is 59.3 Å². The molecule has 0 aromatic rings. The number of hydrogen-bond donors (Lipinski definition) is 2. The van der Waals surface area contributed by atoms with Crippen molar-refractivity contribution < 1.29 is 5.11 Å². The Morgan fingerprint density at radius 1 is 1.27 bits per heavy atom. The van der Waals surface area contributed by atoms with Crippen molar-refractivity contribution in [3.05, 3.63) is 0 Å². The lowest BCUT2D eigenvalue weighted by Crippen LogP contribution is -2.43. The van der Waals surface area contributed by atoms with Crippen LogP contribution in [0, 0.1) is 5.41 Å². The van der Waals surface area contributed by atoms with Crippen LogP contribution in [0.1, 0.15) is 46.5 Å². The van der Waals surface area contributed by atoms with Crippen LogP contribution in [0.15, 0.2) is 4.99 Å². The average molecular weight is 441 g/mol. The second kappa shape index (κ2) is 8.97. The van der Waals surface area contributed by atoms with Crippen LogP contribution >= 0.6 is 35.7 Å². The first-order chi connectivity index (χ1) is 10.1. The topological polar surface area (TPSA) is 47.9 Å². The van der Waals surface area contributed by atoms with Crippen molar-refractivity contribution in [2.45, 2.75) is 52.1 Å². The molecule has 2 fully saturated rings. The van der Waals surface area contributed by atoms with Crippen LogP contribution in [0.5, 0.6) is 0 Å². The van der Waals surface area contributed by atoms with Gasteiger partial charge in [0, 0.05) is 25.4 Å². The summed E-state index contributed by atoms with van der Waals surface area (Å²) in [5, 5.41) is 13.9. The number of likely N-dealkylation sites (tertiary alicyclic amines) is 1. The van der Waals surface area contributed by atoms with Crippen molar-refractivity contribution in [3.63, 3.8) is 0 Å². The molecule has 0 saturated carbocycles. The molecule has 0 radical (unpaired) electrons. The molecule has 4 nitrogen and oxygen atoms in total. The van der Waals surface area contributed by atoms with Gasteiger partial charge in [-0.2, -0.15) is 11.8 Å². The van der Waals surface area contributed by atoms with Crippen LogP contribution in [0.3, 0.4) is 0 Å². The number of thioether (sulfide) groups is 1. The summed E-state index contributed by atoms with van der Waals surface area (Å²) in [6, 6.07) is 0. The third-order valence-corrected chi connectivity index (χ3v) is 6.41. The molecule has 2 N–H and O–H groups in total. The number of halogens is 1. The molecular formula is C16H32IN3OS. The molecule has 0 aromatic carbocycles. The van der Waals surface area contributed by atoms with Crippen molar-refractivity contribution in [1.82, 2.24) is 10.2 Å². The Hall–Kier alpha value is 0.310. The molecule has 22 heavy (non-hydrogen) atoms. The molecule has 130 valence electrons. The summed E-state index contributed by atoms with van der Waals surface area (Å²) in [6.07, 6.45) is 4.60. The van der Waals surface area contributed by atoms with Gasteiger partial charge in [-0.15, -0.1) is 24.0 Å². The summed E-state index contributed by atoms with van der Waals surface area (Å²) in [6.45, 7) is 10.3. The van der Waals surface area contributed by atoms with E-state index in [1.807, 2.05) is 11.8 Å². The smallest absolute Gasteiger partial charge is 0.194 e. The van der Waals surface area contributed by atoms with Gasteiger partial charge in [-0.05, 0) is 43.8 Å². The van der Waals surface area contributed by atoms with Gasteiger partial charge in [-0.3, -0.25) is 4.99 Å². The summed E-state index contributed by atoms with van der Waals surface area (Å²) in [5.74, 6) is 2.87. The Bertz CT molecular complexity index is 368. The fourth-order valence-corrected chi connectivity index (χ4v) is 4.60. The first-order valence-corrected chi connectivity index (χ1v) is 9.55. The molecule has 0 amide bonds. The van der Waals surface area contributed by atoms with Gasteiger partial charge >= 0.3 is 0 Å². The minimum Gasteiger partial charge on any atom is -0.387 e. The molecule has 0 aromatic heterocycles. The molecule has 2 aliphatic heterocycles. The maximum Gasteiger partial charge on any atom is 0.194 e. The van der Waals surface area contributed by atoms with Crippen LogP contribution in [0.2, 0.25) is 0 Å². The summed E-state index contributed by atoms with van der Waals surface area (Å²) in [7, 11) is 0. The molecule has 2 heterocycles. The van der Waals surface area contributed by atoms with Gasteiger partial charge in [-0.25, -0.2) is 0 Å². The number of nitrogens with one attached hydrogen (secondary N) is 1. The highest BCUT2D eigenvalue weighted by Gasteiger charge is 2.37. The molecule has 6 heteroatoms. The van der Waals surface area contributed by atoms with Crippen molar-refractivity contribution >= 4 is 41.7 Å². The molecule has 0 aliphatic carbocycles. The lowest BCUT2D eigenvalue weighted by atomic mass is 9.82. The third kappa shape index (κ3) is 4.90. The van der Waals surface area contributed by atoms with E-state index in [-0.39, 0.29) is 24.0 Å². The number of aliphatic hydroxyl groups is 1. The molecule has 0 spiro atoms. The number of rotatable bonds is 5. The zero-order valence-corrected chi connectivity index (χ0v) is 17.4. The van der Waals surface area contributed by atoms with Crippen LogP contribution in [0.25, 0.3) is 0 Å². The van der Waals surface area contributed by atoms with E-state index in [9.17, 15) is 5.11 Å². The molecule has 0 bridgehead atoms. The largest absolute Gasteiger partial charge is 0.387 e. The van der Waals surface area contributed by atoms with Gasteiger partial charge in [0.1, 0.15) is 0 Å². The van der Waals surface area contributed by atoms with E-state index < -0.39 is 5.60 Å². The van der Waals surface area contributed by atoms with Crippen molar-refractivity contribution in [2.24, 2.45) is 10.4 Å². The number of nitrogens with zero attached hydrogens (tertiary/aromatic N) is 2. The lowest BCUT2D eigenvalue weighted by molar-refractivity contribution is 0.0776. The van der Waals surface area contributed by atoms with E-state index in [0.717, 1.165) is 43.5 Å². The van der Waals surface area contributed by atoms with Gasteiger partial charge in [0.25, 0.3) is 0 Å². The van der Waals surface area contributed by atoms with Crippen molar-refractivity contribution in [2.75, 3.05) is 37.7 Å². The lowest BCUT2D eigenvalue weighted by Gasteiger charge is -2.28. The van der Waals surface area contributed by atoms with Crippen molar-refractivity contribution in [1.29, 1.82) is 0 Å². The number of hydrogen-bond acceptors (Lipinski definition) is 3. The minimum absolute atomic E-state index is 0. The van der Waals surface area contributed by atoms with E-state index in [1.54, 1.807) is 0 Å². The van der Waals surface area contributed by atoms with E-state index in [2.05, 4.69) is 31.0 Å². The second-order valence-corrected chi connectivity index (χ2v) is 7.68. The molecule has 1 atom stereocenters. The van der Waals surface area contributed by atoms with Gasteiger partial charge in [0.2, 0.25) is 0 Å². The molecule has 2 saturated heterocycles. The first kappa shape index (κ1) is 20.4. The van der Waals surface area contributed by atoms with Crippen LogP contribution in [-0.2, 0) is 0 Å². The van der Waals surface area contributed by atoms with E-state index >= 15 is 0 Å². The summed E-state index contributed by atoms with van der Waals surface area (Å²) in [5.41, 5.74) is -0.131. The minimum atomic E-state index is -0.586. The fourth-order valence-electron chi connectivity index (χ4n) is 3.31. The van der Waals surface area contributed by atoms with Gasteiger partial charge < -0.3 is 15.3 Å². The quantitative estimate of drug-likeness (QED) is 0.391. The Kier molecular flexibility index (Phi) is 8.30. The summed E-state index contributed by atoms with van der Waals surface area (Å²) < 4.78 is 0. The predicted octanol–water partition coefficient (Wildman–Crippen LogP) is 2.95. The maximum absolute atomic E-state index is 10.5. The first-order valence-electron chi connectivity index (χ1n) is 8.40. The Balaban J connectivity index is 0.00000242. The highest BCUT2D eigenvalue weighted by molar-refractivity contribution is 14.0. The Morgan fingerprint density at radius 3 is 2.50 bits per heavy atom. The van der Waals surface area contributed by atoms with Crippen molar-refractivity contribution in [3.8, 4) is 0 Å². The molecular weight excluding hydrogens is 409 g/mol. The highest BCUT2D eigenvalue weighted by atomic mass is 127. The predicted molar refractivity (Wildman–Crippen MR) is 107 cm³/mol. The van der Waals surface area contributed by atoms with Gasteiger partial charge in [-0.1, -0.05) is 13.8 Å². The highest BCUT2D eigenvalue weighted by Crippen LogP contribution is 2.37. The normalized spacial score (nSPS) is 27.8. The van der Waals surface area contributed by atoms with Crippen LogP contribution in [0.4, 0.5) is 0 Å². The Morgan fingerprint density at radius 2 is 2.00 bits per heavy atom. The number of aliphatic imine (C=N–C) groups is 1. The zero-order valence-electron chi connectivity index (χ0n) is 14.2. The second-order valence-electron chi connectivity index (χ2n) is 6.58.